The Kier molecular flexibility index (Phi) is 4.40. The molecule has 1 saturated heterocycles. The molecule has 5 heteroatoms. The van der Waals surface area contributed by atoms with E-state index in [-0.39, 0.29) is 0 Å². The van der Waals surface area contributed by atoms with E-state index in [1.165, 1.54) is 38.5 Å². The third-order valence-corrected chi connectivity index (χ3v) is 4.73. The monoisotopic (exact) mass is 321 g/mol. The summed E-state index contributed by atoms with van der Waals surface area (Å²) in [4.78, 5) is 11.5. The van der Waals surface area contributed by atoms with E-state index in [4.69, 9.17) is 0 Å². The van der Waals surface area contributed by atoms with E-state index in [2.05, 4.69) is 38.2 Å². The number of nitrogens with zero attached hydrogens (tertiary/aromatic N) is 5. The van der Waals surface area contributed by atoms with Gasteiger partial charge in [-0.05, 0) is 12.8 Å². The van der Waals surface area contributed by atoms with Gasteiger partial charge in [-0.15, -0.1) is 0 Å². The summed E-state index contributed by atoms with van der Waals surface area (Å²) < 4.78 is 1.88. The fraction of sp³-hybridized carbons (Fsp3) is 0.421. The molecule has 0 spiro atoms. The molecule has 1 aliphatic heterocycles. The number of aromatic nitrogens is 4. The molecule has 5 nitrogen and oxygen atoms in total. The van der Waals surface area contributed by atoms with Crippen LogP contribution >= 0.6 is 0 Å². The minimum Gasteiger partial charge on any atom is -0.356 e. The molecule has 0 unspecified atom stereocenters. The minimum absolute atomic E-state index is 0.672. The molecule has 24 heavy (non-hydrogen) atoms. The Labute approximate surface area is 142 Å². The van der Waals surface area contributed by atoms with Gasteiger partial charge in [0.25, 0.3) is 5.78 Å². The third-order valence-electron chi connectivity index (χ3n) is 4.73. The standard InChI is InChI=1S/C19H23N5/c1-2-4-9-13-23(12-8-3-1)18-14-17(16-10-6-5-7-11-16)22-19-20-15-21-24(18)19/h5-7,10-11,14-15H,1-4,8-9,12-13H2. The van der Waals surface area contributed by atoms with Crippen molar-refractivity contribution in [3.8, 4) is 11.3 Å². The second kappa shape index (κ2) is 6.99. The van der Waals surface area contributed by atoms with Crippen LogP contribution in [0.5, 0.6) is 0 Å². The molecule has 3 heterocycles. The van der Waals surface area contributed by atoms with Crippen molar-refractivity contribution in [1.29, 1.82) is 0 Å². The van der Waals surface area contributed by atoms with Crippen molar-refractivity contribution in [3.05, 3.63) is 42.7 Å². The molecule has 4 rings (SSSR count). The molecule has 0 aliphatic carbocycles. The van der Waals surface area contributed by atoms with E-state index in [9.17, 15) is 0 Å². The first-order valence-electron chi connectivity index (χ1n) is 8.93. The lowest BCUT2D eigenvalue weighted by Crippen LogP contribution is -2.28. The smallest absolute Gasteiger partial charge is 0.254 e. The quantitative estimate of drug-likeness (QED) is 0.717. The van der Waals surface area contributed by atoms with Gasteiger partial charge in [-0.3, -0.25) is 0 Å². The fourth-order valence-electron chi connectivity index (χ4n) is 3.43. The maximum atomic E-state index is 4.68. The van der Waals surface area contributed by atoms with Crippen molar-refractivity contribution in [3.63, 3.8) is 0 Å². The molecule has 1 aromatic carbocycles. The summed E-state index contributed by atoms with van der Waals surface area (Å²) in [5.74, 6) is 1.78. The minimum atomic E-state index is 0.672. The average Bonchev–Trinajstić information content (AvgIpc) is 3.14. The number of anilines is 1. The highest BCUT2D eigenvalue weighted by Crippen LogP contribution is 2.25. The Balaban J connectivity index is 1.76. The topological polar surface area (TPSA) is 46.3 Å². The summed E-state index contributed by atoms with van der Waals surface area (Å²) in [5, 5.41) is 4.41. The maximum Gasteiger partial charge on any atom is 0.254 e. The maximum absolute atomic E-state index is 4.68. The molecule has 0 saturated carbocycles. The van der Waals surface area contributed by atoms with Gasteiger partial charge >= 0.3 is 0 Å². The molecular weight excluding hydrogens is 298 g/mol. The predicted octanol–water partition coefficient (Wildman–Crippen LogP) is 3.95. The van der Waals surface area contributed by atoms with Crippen LogP contribution in [-0.4, -0.2) is 32.7 Å². The van der Waals surface area contributed by atoms with Gasteiger partial charge in [0.05, 0.1) is 5.69 Å². The highest BCUT2D eigenvalue weighted by Gasteiger charge is 2.15. The summed E-state index contributed by atoms with van der Waals surface area (Å²) in [6.07, 6.45) is 9.41. The lowest BCUT2D eigenvalue weighted by atomic mass is 10.1. The highest BCUT2D eigenvalue weighted by molar-refractivity contribution is 5.65. The summed E-state index contributed by atoms with van der Waals surface area (Å²) in [6, 6.07) is 12.5. The predicted molar refractivity (Wildman–Crippen MR) is 96.1 cm³/mol. The second-order valence-electron chi connectivity index (χ2n) is 6.45. The molecule has 0 radical (unpaired) electrons. The molecule has 2 aromatic heterocycles. The molecule has 124 valence electrons. The first kappa shape index (κ1) is 15.1. The first-order valence-corrected chi connectivity index (χ1v) is 8.93. The van der Waals surface area contributed by atoms with Crippen LogP contribution in [0, 0.1) is 0 Å². The van der Waals surface area contributed by atoms with Gasteiger partial charge in [0, 0.05) is 24.7 Å². The normalized spacial score (nSPS) is 16.6. The van der Waals surface area contributed by atoms with Crippen LogP contribution in [0.4, 0.5) is 5.82 Å². The van der Waals surface area contributed by atoms with Gasteiger partial charge in [-0.25, -0.2) is 4.98 Å². The van der Waals surface area contributed by atoms with Crippen molar-refractivity contribution < 1.29 is 0 Å². The summed E-state index contributed by atoms with van der Waals surface area (Å²) in [5.41, 5.74) is 2.08. The number of hydrogen-bond donors (Lipinski definition) is 0. The van der Waals surface area contributed by atoms with Crippen LogP contribution in [0.2, 0.25) is 0 Å². The molecule has 0 bridgehead atoms. The van der Waals surface area contributed by atoms with Crippen molar-refractivity contribution >= 4 is 11.6 Å². The van der Waals surface area contributed by atoms with Crippen LogP contribution < -0.4 is 4.90 Å². The van der Waals surface area contributed by atoms with Crippen LogP contribution in [0.25, 0.3) is 17.0 Å². The van der Waals surface area contributed by atoms with E-state index >= 15 is 0 Å². The summed E-state index contributed by atoms with van der Waals surface area (Å²) in [7, 11) is 0. The Bertz CT molecular complexity index is 786. The zero-order valence-corrected chi connectivity index (χ0v) is 13.9. The molecule has 3 aromatic rings. The first-order chi connectivity index (χ1) is 11.9. The molecule has 0 N–H and O–H groups in total. The largest absolute Gasteiger partial charge is 0.356 e. The van der Waals surface area contributed by atoms with Crippen molar-refractivity contribution in [2.24, 2.45) is 0 Å². The van der Waals surface area contributed by atoms with Gasteiger partial charge < -0.3 is 4.90 Å². The lowest BCUT2D eigenvalue weighted by Gasteiger charge is -2.24. The SMILES string of the molecule is c1ccc(-c2cc(N3CCCCCCCC3)n3ncnc3n2)cc1. The van der Waals surface area contributed by atoms with Crippen molar-refractivity contribution in [2.75, 3.05) is 18.0 Å². The van der Waals surface area contributed by atoms with E-state index in [0.717, 1.165) is 30.2 Å². The Hall–Kier alpha value is -2.43. The Morgan fingerprint density at radius 2 is 1.54 bits per heavy atom. The highest BCUT2D eigenvalue weighted by atomic mass is 15.4. The Morgan fingerprint density at radius 3 is 2.29 bits per heavy atom. The summed E-state index contributed by atoms with van der Waals surface area (Å²) in [6.45, 7) is 2.15. The lowest BCUT2D eigenvalue weighted by molar-refractivity contribution is 0.636. The van der Waals surface area contributed by atoms with Crippen molar-refractivity contribution in [1.82, 2.24) is 19.6 Å². The molecular formula is C19H23N5. The van der Waals surface area contributed by atoms with E-state index < -0.39 is 0 Å². The van der Waals surface area contributed by atoms with Crippen LogP contribution in [0.1, 0.15) is 38.5 Å². The van der Waals surface area contributed by atoms with Gasteiger partial charge in [0.1, 0.15) is 12.1 Å². The number of benzene rings is 1. The zero-order valence-electron chi connectivity index (χ0n) is 13.9. The molecule has 0 atom stereocenters. The zero-order chi connectivity index (χ0) is 16.2. The summed E-state index contributed by atoms with van der Waals surface area (Å²) >= 11 is 0. The van der Waals surface area contributed by atoms with E-state index in [1.54, 1.807) is 6.33 Å². The molecule has 1 fully saturated rings. The fourth-order valence-corrected chi connectivity index (χ4v) is 3.43. The average molecular weight is 321 g/mol. The van der Waals surface area contributed by atoms with Crippen LogP contribution in [0.3, 0.4) is 0 Å². The third kappa shape index (κ3) is 3.11. The van der Waals surface area contributed by atoms with Crippen LogP contribution in [-0.2, 0) is 0 Å². The number of hydrogen-bond acceptors (Lipinski definition) is 4. The van der Waals surface area contributed by atoms with E-state index in [1.807, 2.05) is 22.7 Å². The number of fused-ring (bicyclic) bond motifs is 1. The van der Waals surface area contributed by atoms with Gasteiger partial charge in [-0.1, -0.05) is 56.0 Å². The van der Waals surface area contributed by atoms with Crippen molar-refractivity contribution in [2.45, 2.75) is 38.5 Å². The van der Waals surface area contributed by atoms with Gasteiger partial charge in [0.2, 0.25) is 0 Å². The van der Waals surface area contributed by atoms with Gasteiger partial charge in [-0.2, -0.15) is 14.6 Å². The van der Waals surface area contributed by atoms with E-state index in [0.29, 0.717) is 5.78 Å². The molecule has 0 amide bonds. The second-order valence-corrected chi connectivity index (χ2v) is 6.45. The molecule has 1 aliphatic rings. The number of rotatable bonds is 2. The van der Waals surface area contributed by atoms with Gasteiger partial charge in [0.15, 0.2) is 0 Å². The Morgan fingerprint density at radius 1 is 0.833 bits per heavy atom. The van der Waals surface area contributed by atoms with Crippen LogP contribution in [0.15, 0.2) is 42.7 Å².